The average molecular weight is 310 g/mol. The van der Waals surface area contributed by atoms with E-state index >= 15 is 0 Å². The van der Waals surface area contributed by atoms with Gasteiger partial charge in [-0.1, -0.05) is 18.8 Å². The third-order valence-corrected chi connectivity index (χ3v) is 4.25. The van der Waals surface area contributed by atoms with Crippen LogP contribution in [0, 0.1) is 11.8 Å². The zero-order valence-electron chi connectivity index (χ0n) is 12.5. The summed E-state index contributed by atoms with van der Waals surface area (Å²) in [7, 11) is 3.45. The highest BCUT2D eigenvalue weighted by Gasteiger charge is 2.30. The lowest BCUT2D eigenvalue weighted by Crippen LogP contribution is -2.46. The van der Waals surface area contributed by atoms with Gasteiger partial charge in [0.1, 0.15) is 6.42 Å². The molecule has 2 N–H and O–H groups in total. The molecule has 2 fully saturated rings. The molecule has 0 spiro atoms. The second-order valence-electron chi connectivity index (χ2n) is 5.74. The Bertz CT molecular complexity index is 430. The minimum atomic E-state index is -0.372. The van der Waals surface area contributed by atoms with Crippen molar-refractivity contribution in [3.05, 3.63) is 12.3 Å². The predicted octanol–water partition coefficient (Wildman–Crippen LogP) is 0.964. The third kappa shape index (κ3) is 4.70. The maximum atomic E-state index is 11.8. The van der Waals surface area contributed by atoms with Gasteiger partial charge < -0.3 is 0 Å². The number of carbonyl (C=O) groups excluding carboxylic acids is 2. The molecule has 2 saturated carbocycles. The zero-order chi connectivity index (χ0) is 15.6. The van der Waals surface area contributed by atoms with E-state index in [0.29, 0.717) is 11.8 Å². The molecule has 0 unspecified atom stereocenters. The van der Waals surface area contributed by atoms with E-state index in [1.54, 1.807) is 19.1 Å². The van der Waals surface area contributed by atoms with Crippen LogP contribution in [0.15, 0.2) is 12.3 Å². The monoisotopic (exact) mass is 310 g/mol. The van der Waals surface area contributed by atoms with Crippen molar-refractivity contribution in [2.24, 2.45) is 11.8 Å². The molecule has 2 amide bonds. The van der Waals surface area contributed by atoms with Crippen molar-refractivity contribution in [3.63, 3.8) is 0 Å². The average Bonchev–Trinajstić information content (AvgIpc) is 3.29. The molecule has 2 aliphatic rings. The molecule has 0 bridgehead atoms. The highest BCUT2D eigenvalue weighted by atomic mass is 32.1. The molecule has 21 heavy (non-hydrogen) atoms. The Morgan fingerprint density at radius 2 is 1.52 bits per heavy atom. The molecule has 0 atom stereocenters. The maximum absolute atomic E-state index is 11.8. The lowest BCUT2D eigenvalue weighted by atomic mass is 10.3. The first-order valence-electron chi connectivity index (χ1n) is 7.17. The standard InChI is InChI=1S/C14H22N4O2S/c1-9(10-4-5-10)17(2)15-12(19)8-13(20)16-18(3)14(21)11-6-7-11/h10-11H,1,4-8H2,2-3H3,(H,15,19)(H,16,20). The number of nitrogens with zero attached hydrogens (tertiary/aromatic N) is 2. The van der Waals surface area contributed by atoms with Crippen LogP contribution in [0.1, 0.15) is 32.1 Å². The molecular weight excluding hydrogens is 288 g/mol. The number of allylic oxidation sites excluding steroid dienone is 1. The molecule has 2 rings (SSSR count). The summed E-state index contributed by atoms with van der Waals surface area (Å²) in [6.45, 7) is 3.93. The normalized spacial score (nSPS) is 16.9. The van der Waals surface area contributed by atoms with E-state index in [2.05, 4.69) is 17.4 Å². The summed E-state index contributed by atoms with van der Waals surface area (Å²) in [5, 5.41) is 3.14. The summed E-state index contributed by atoms with van der Waals surface area (Å²) in [6, 6.07) is 0. The van der Waals surface area contributed by atoms with Gasteiger partial charge in [-0.05, 0) is 25.7 Å². The van der Waals surface area contributed by atoms with Gasteiger partial charge in [-0.2, -0.15) is 0 Å². The van der Waals surface area contributed by atoms with Crippen LogP contribution in [-0.2, 0) is 9.59 Å². The maximum Gasteiger partial charge on any atom is 0.248 e. The van der Waals surface area contributed by atoms with Crippen LogP contribution in [0.2, 0.25) is 0 Å². The number of hydrogen-bond donors (Lipinski definition) is 2. The molecule has 0 aromatic rings. The van der Waals surface area contributed by atoms with Crippen LogP contribution >= 0.6 is 12.2 Å². The lowest BCUT2D eigenvalue weighted by molar-refractivity contribution is -0.132. The number of hydrazine groups is 2. The van der Waals surface area contributed by atoms with Gasteiger partial charge in [0, 0.05) is 31.6 Å². The molecule has 116 valence electrons. The van der Waals surface area contributed by atoms with E-state index in [1.165, 1.54) is 5.01 Å². The Hall–Kier alpha value is -1.63. The Kier molecular flexibility index (Phi) is 4.82. The number of nitrogens with one attached hydrogen (secondary N) is 2. The first kappa shape index (κ1) is 15.8. The van der Waals surface area contributed by atoms with Crippen LogP contribution in [-0.4, -0.2) is 40.9 Å². The minimum Gasteiger partial charge on any atom is -0.293 e. The van der Waals surface area contributed by atoms with Crippen LogP contribution in [0.25, 0.3) is 0 Å². The molecule has 0 heterocycles. The van der Waals surface area contributed by atoms with Crippen molar-refractivity contribution in [3.8, 4) is 0 Å². The second kappa shape index (κ2) is 6.43. The summed E-state index contributed by atoms with van der Waals surface area (Å²) in [5.74, 6) is 0.129. The van der Waals surface area contributed by atoms with Crippen molar-refractivity contribution >= 4 is 29.0 Å². The molecule has 0 radical (unpaired) electrons. The highest BCUT2D eigenvalue weighted by molar-refractivity contribution is 7.80. The fraction of sp³-hybridized carbons (Fsp3) is 0.643. The van der Waals surface area contributed by atoms with Crippen molar-refractivity contribution in [1.29, 1.82) is 0 Å². The molecule has 2 aliphatic carbocycles. The van der Waals surface area contributed by atoms with Gasteiger partial charge in [0.15, 0.2) is 0 Å². The van der Waals surface area contributed by atoms with Gasteiger partial charge in [0.05, 0.1) is 4.99 Å². The predicted molar refractivity (Wildman–Crippen MR) is 83.6 cm³/mol. The number of amides is 2. The largest absolute Gasteiger partial charge is 0.293 e. The fourth-order valence-corrected chi connectivity index (χ4v) is 2.30. The number of rotatable bonds is 6. The van der Waals surface area contributed by atoms with Gasteiger partial charge in [-0.25, -0.2) is 0 Å². The summed E-state index contributed by atoms with van der Waals surface area (Å²) < 4.78 is 0. The Morgan fingerprint density at radius 3 is 2.00 bits per heavy atom. The third-order valence-electron chi connectivity index (χ3n) is 3.64. The molecule has 0 saturated heterocycles. The quantitative estimate of drug-likeness (QED) is 0.435. The van der Waals surface area contributed by atoms with E-state index in [9.17, 15) is 9.59 Å². The van der Waals surface area contributed by atoms with Crippen molar-refractivity contribution in [2.45, 2.75) is 32.1 Å². The number of carbonyl (C=O) groups is 2. The molecule has 0 aliphatic heterocycles. The number of hydrogen-bond acceptors (Lipinski definition) is 4. The van der Waals surface area contributed by atoms with Crippen molar-refractivity contribution < 1.29 is 9.59 Å². The topological polar surface area (TPSA) is 64.7 Å². The second-order valence-corrected chi connectivity index (χ2v) is 6.16. The molecule has 6 nitrogen and oxygen atoms in total. The molecule has 0 aromatic carbocycles. The fourth-order valence-electron chi connectivity index (χ4n) is 2.02. The van der Waals surface area contributed by atoms with Crippen LogP contribution < -0.4 is 10.9 Å². The van der Waals surface area contributed by atoms with Crippen LogP contribution in [0.4, 0.5) is 0 Å². The van der Waals surface area contributed by atoms with Crippen molar-refractivity contribution in [1.82, 2.24) is 20.9 Å². The van der Waals surface area contributed by atoms with Crippen molar-refractivity contribution in [2.75, 3.05) is 14.1 Å². The van der Waals surface area contributed by atoms with Crippen LogP contribution in [0.3, 0.4) is 0 Å². The lowest BCUT2D eigenvalue weighted by Gasteiger charge is -2.23. The van der Waals surface area contributed by atoms with E-state index in [4.69, 9.17) is 12.2 Å². The minimum absolute atomic E-state index is 0.236. The van der Waals surface area contributed by atoms with E-state index in [0.717, 1.165) is 36.4 Å². The highest BCUT2D eigenvalue weighted by Crippen LogP contribution is 2.36. The number of thiocarbonyl (C=S) groups is 1. The molecular formula is C14H22N4O2S. The van der Waals surface area contributed by atoms with Gasteiger partial charge in [-0.15, -0.1) is 0 Å². The Morgan fingerprint density at radius 1 is 1.05 bits per heavy atom. The summed E-state index contributed by atoms with van der Waals surface area (Å²) >= 11 is 5.23. The zero-order valence-corrected chi connectivity index (χ0v) is 13.3. The van der Waals surface area contributed by atoms with E-state index in [-0.39, 0.29) is 18.2 Å². The SMILES string of the molecule is C=C(C1CC1)N(C)NC(=O)CC(=O)NN(C)C(=S)C1CC1. The van der Waals surface area contributed by atoms with Gasteiger partial charge >= 0.3 is 0 Å². The van der Waals surface area contributed by atoms with E-state index < -0.39 is 0 Å². The summed E-state index contributed by atoms with van der Waals surface area (Å²) in [6.07, 6.45) is 4.15. The molecule has 0 aromatic heterocycles. The van der Waals surface area contributed by atoms with Gasteiger partial charge in [-0.3, -0.25) is 30.5 Å². The first-order valence-corrected chi connectivity index (χ1v) is 7.58. The van der Waals surface area contributed by atoms with E-state index in [1.807, 2.05) is 0 Å². The van der Waals surface area contributed by atoms with Crippen LogP contribution in [0.5, 0.6) is 0 Å². The first-order chi connectivity index (χ1) is 9.88. The molecule has 7 heteroatoms. The summed E-state index contributed by atoms with van der Waals surface area (Å²) in [5.41, 5.74) is 6.16. The Labute approximate surface area is 130 Å². The van der Waals surface area contributed by atoms with Gasteiger partial charge in [0.25, 0.3) is 0 Å². The van der Waals surface area contributed by atoms with Gasteiger partial charge in [0.2, 0.25) is 11.8 Å². The summed E-state index contributed by atoms with van der Waals surface area (Å²) in [4.78, 5) is 24.3. The Balaban J connectivity index is 1.69. The smallest absolute Gasteiger partial charge is 0.248 e.